The van der Waals surface area contributed by atoms with Gasteiger partial charge in [0.25, 0.3) is 0 Å². The Morgan fingerprint density at radius 1 is 1.28 bits per heavy atom. The molecule has 18 heavy (non-hydrogen) atoms. The average Bonchev–Trinajstić information content (AvgIpc) is 2.99. The Morgan fingerprint density at radius 2 is 2.22 bits per heavy atom. The highest BCUT2D eigenvalue weighted by molar-refractivity contribution is 5.45. The minimum absolute atomic E-state index is 0.687. The van der Waals surface area contributed by atoms with Crippen LogP contribution in [0.5, 0.6) is 0 Å². The van der Waals surface area contributed by atoms with Gasteiger partial charge in [-0.25, -0.2) is 0 Å². The number of methoxy groups -OCH3 is 1. The molecule has 1 aromatic carbocycles. The highest BCUT2D eigenvalue weighted by atomic mass is 16.5. The predicted molar refractivity (Wildman–Crippen MR) is 74.5 cm³/mol. The molecule has 1 aromatic rings. The van der Waals surface area contributed by atoms with Crippen LogP contribution in [-0.2, 0) is 11.3 Å². The zero-order valence-electron chi connectivity index (χ0n) is 10.9. The molecule has 2 aliphatic carbocycles. The molecule has 2 aliphatic rings. The Labute approximate surface area is 109 Å². The lowest BCUT2D eigenvalue weighted by Gasteiger charge is -2.19. The molecule has 2 bridgehead atoms. The van der Waals surface area contributed by atoms with Crippen molar-refractivity contribution in [3.63, 3.8) is 0 Å². The molecule has 3 unspecified atom stereocenters. The number of benzene rings is 1. The molecule has 0 aliphatic heterocycles. The highest BCUT2D eigenvalue weighted by Crippen LogP contribution is 2.43. The van der Waals surface area contributed by atoms with Crippen molar-refractivity contribution in [2.45, 2.75) is 19.4 Å². The van der Waals surface area contributed by atoms with Crippen LogP contribution in [0.3, 0.4) is 0 Å². The van der Waals surface area contributed by atoms with Crippen LogP contribution in [0.2, 0.25) is 0 Å². The number of ether oxygens (including phenoxy) is 1. The predicted octanol–water partition coefficient (Wildman–Crippen LogP) is 3.46. The summed E-state index contributed by atoms with van der Waals surface area (Å²) in [6, 6.07) is 8.53. The molecule has 0 radical (unpaired) electrons. The second-order valence-corrected chi connectivity index (χ2v) is 5.55. The van der Waals surface area contributed by atoms with Crippen LogP contribution < -0.4 is 5.32 Å². The summed E-state index contributed by atoms with van der Waals surface area (Å²) in [5.74, 6) is 2.51. The summed E-state index contributed by atoms with van der Waals surface area (Å²) in [6.07, 6.45) is 7.57. The van der Waals surface area contributed by atoms with Gasteiger partial charge in [0, 0.05) is 19.3 Å². The Morgan fingerprint density at radius 3 is 2.94 bits per heavy atom. The molecule has 0 heterocycles. The molecule has 1 saturated carbocycles. The summed E-state index contributed by atoms with van der Waals surface area (Å²) in [7, 11) is 1.74. The zero-order valence-corrected chi connectivity index (χ0v) is 10.9. The van der Waals surface area contributed by atoms with Crippen LogP contribution in [0.4, 0.5) is 5.69 Å². The lowest BCUT2D eigenvalue weighted by molar-refractivity contribution is 0.185. The molecule has 96 valence electrons. The maximum Gasteiger partial charge on any atom is 0.0713 e. The van der Waals surface area contributed by atoms with Crippen molar-refractivity contribution in [2.75, 3.05) is 19.0 Å². The third-order valence-corrected chi connectivity index (χ3v) is 4.22. The third kappa shape index (κ3) is 2.44. The fraction of sp³-hybridized carbons (Fsp3) is 0.500. The smallest absolute Gasteiger partial charge is 0.0713 e. The van der Waals surface area contributed by atoms with E-state index >= 15 is 0 Å². The van der Waals surface area contributed by atoms with E-state index in [4.69, 9.17) is 4.74 Å². The molecule has 1 N–H and O–H groups in total. The van der Waals surface area contributed by atoms with Crippen LogP contribution in [0.1, 0.15) is 18.4 Å². The van der Waals surface area contributed by atoms with Gasteiger partial charge in [-0.2, -0.15) is 0 Å². The molecular formula is C16H21NO. The van der Waals surface area contributed by atoms with Crippen molar-refractivity contribution in [1.29, 1.82) is 0 Å². The number of anilines is 1. The van der Waals surface area contributed by atoms with Crippen molar-refractivity contribution < 1.29 is 4.74 Å². The van der Waals surface area contributed by atoms with E-state index in [0.717, 1.165) is 24.3 Å². The average molecular weight is 243 g/mol. The van der Waals surface area contributed by atoms with Gasteiger partial charge in [0.2, 0.25) is 0 Å². The van der Waals surface area contributed by atoms with Crippen molar-refractivity contribution in [3.8, 4) is 0 Å². The minimum Gasteiger partial charge on any atom is -0.385 e. The van der Waals surface area contributed by atoms with Crippen LogP contribution in [0, 0.1) is 17.8 Å². The van der Waals surface area contributed by atoms with Gasteiger partial charge in [-0.3, -0.25) is 0 Å². The maximum atomic E-state index is 5.16. The number of nitrogens with one attached hydrogen (secondary N) is 1. The number of rotatable bonds is 5. The van der Waals surface area contributed by atoms with E-state index in [-0.39, 0.29) is 0 Å². The molecule has 0 spiro atoms. The Kier molecular flexibility index (Phi) is 3.37. The molecule has 0 aromatic heterocycles. The fourth-order valence-electron chi connectivity index (χ4n) is 3.32. The topological polar surface area (TPSA) is 21.3 Å². The van der Waals surface area contributed by atoms with Gasteiger partial charge in [-0.1, -0.05) is 24.3 Å². The number of hydrogen-bond acceptors (Lipinski definition) is 2. The molecule has 3 rings (SSSR count). The molecule has 2 nitrogen and oxygen atoms in total. The largest absolute Gasteiger partial charge is 0.385 e. The normalized spacial score (nSPS) is 28.8. The van der Waals surface area contributed by atoms with E-state index in [2.05, 4.69) is 41.7 Å². The summed E-state index contributed by atoms with van der Waals surface area (Å²) in [5, 5.41) is 3.58. The van der Waals surface area contributed by atoms with Crippen LogP contribution in [0.15, 0.2) is 36.4 Å². The standard InChI is InChI=1S/C16H21NO/c1-18-11-13-3-2-4-16(9-13)17-10-15-8-12-5-6-14(15)7-12/h2-6,9,12,14-15,17H,7-8,10-11H2,1H3. The van der Waals surface area contributed by atoms with Crippen LogP contribution in [-0.4, -0.2) is 13.7 Å². The van der Waals surface area contributed by atoms with Gasteiger partial charge >= 0.3 is 0 Å². The van der Waals surface area contributed by atoms with E-state index in [1.54, 1.807) is 7.11 Å². The van der Waals surface area contributed by atoms with E-state index in [1.165, 1.54) is 24.1 Å². The number of hydrogen-bond donors (Lipinski definition) is 1. The second-order valence-electron chi connectivity index (χ2n) is 5.55. The van der Waals surface area contributed by atoms with E-state index in [9.17, 15) is 0 Å². The van der Waals surface area contributed by atoms with Crippen molar-refractivity contribution in [3.05, 3.63) is 42.0 Å². The van der Waals surface area contributed by atoms with Gasteiger partial charge in [-0.05, 0) is 48.3 Å². The zero-order chi connectivity index (χ0) is 12.4. The van der Waals surface area contributed by atoms with Crippen LogP contribution >= 0.6 is 0 Å². The summed E-state index contributed by atoms with van der Waals surface area (Å²) in [6.45, 7) is 1.79. The van der Waals surface area contributed by atoms with Gasteiger partial charge in [0.15, 0.2) is 0 Å². The summed E-state index contributed by atoms with van der Waals surface area (Å²) in [5.41, 5.74) is 2.45. The quantitative estimate of drug-likeness (QED) is 0.800. The summed E-state index contributed by atoms with van der Waals surface area (Å²) in [4.78, 5) is 0. The molecular weight excluding hydrogens is 222 g/mol. The molecule has 1 fully saturated rings. The first kappa shape index (κ1) is 11.8. The second kappa shape index (κ2) is 5.15. The minimum atomic E-state index is 0.687. The van der Waals surface area contributed by atoms with E-state index in [1.807, 2.05) is 0 Å². The first-order valence-corrected chi connectivity index (χ1v) is 6.85. The Hall–Kier alpha value is -1.28. The first-order chi connectivity index (χ1) is 8.85. The van der Waals surface area contributed by atoms with Gasteiger partial charge < -0.3 is 10.1 Å². The highest BCUT2D eigenvalue weighted by Gasteiger charge is 2.35. The Balaban J connectivity index is 1.56. The lowest BCUT2D eigenvalue weighted by Crippen LogP contribution is -2.18. The van der Waals surface area contributed by atoms with Gasteiger partial charge in [-0.15, -0.1) is 0 Å². The molecule has 0 amide bonds. The SMILES string of the molecule is COCc1cccc(NCC2CC3C=CC2C3)c1. The summed E-state index contributed by atoms with van der Waals surface area (Å²) >= 11 is 0. The molecule has 0 saturated heterocycles. The lowest BCUT2D eigenvalue weighted by atomic mass is 9.93. The van der Waals surface area contributed by atoms with Crippen LogP contribution in [0.25, 0.3) is 0 Å². The van der Waals surface area contributed by atoms with E-state index < -0.39 is 0 Å². The molecule has 2 heteroatoms. The first-order valence-electron chi connectivity index (χ1n) is 6.85. The van der Waals surface area contributed by atoms with Crippen molar-refractivity contribution >= 4 is 5.69 Å². The van der Waals surface area contributed by atoms with Crippen molar-refractivity contribution in [1.82, 2.24) is 0 Å². The fourth-order valence-corrected chi connectivity index (χ4v) is 3.32. The third-order valence-electron chi connectivity index (χ3n) is 4.22. The number of allylic oxidation sites excluding steroid dienone is 2. The summed E-state index contributed by atoms with van der Waals surface area (Å²) < 4.78 is 5.16. The van der Waals surface area contributed by atoms with Gasteiger partial charge in [0.05, 0.1) is 6.61 Å². The monoisotopic (exact) mass is 243 g/mol. The van der Waals surface area contributed by atoms with Crippen molar-refractivity contribution in [2.24, 2.45) is 17.8 Å². The maximum absolute atomic E-state index is 5.16. The Bertz CT molecular complexity index is 440. The van der Waals surface area contributed by atoms with Gasteiger partial charge in [0.1, 0.15) is 0 Å². The van der Waals surface area contributed by atoms with E-state index in [0.29, 0.717) is 6.61 Å². The number of fused-ring (bicyclic) bond motifs is 2. The molecule has 3 atom stereocenters.